The van der Waals surface area contributed by atoms with Crippen LogP contribution in [0, 0.1) is 5.41 Å². The summed E-state index contributed by atoms with van der Waals surface area (Å²) in [4.78, 5) is 18.4. The molecule has 0 bridgehead atoms. The number of aliphatic hydroxyl groups is 1. The van der Waals surface area contributed by atoms with Crippen molar-refractivity contribution in [3.8, 4) is 11.5 Å². The molecule has 2 aromatic rings. The number of carbonyl (C=O) groups is 1. The normalized spacial score (nSPS) is 36.1. The summed E-state index contributed by atoms with van der Waals surface area (Å²) in [6, 6.07) is 15.1. The monoisotopic (exact) mass is 490 g/mol. The highest BCUT2D eigenvalue weighted by atomic mass is 16.6. The quantitative estimate of drug-likeness (QED) is 0.510. The van der Waals surface area contributed by atoms with Crippen molar-refractivity contribution in [3.05, 3.63) is 66.2 Å². The average molecular weight is 491 g/mol. The number of carbonyl (C=O) groups excluding carboxylic acids is 1. The number of nitrogens with zero attached hydrogens (tertiary/aromatic N) is 2. The van der Waals surface area contributed by atoms with Gasteiger partial charge in [-0.05, 0) is 43.1 Å². The van der Waals surface area contributed by atoms with Crippen molar-refractivity contribution in [1.29, 1.82) is 0 Å². The van der Waals surface area contributed by atoms with Gasteiger partial charge >= 0.3 is 5.97 Å². The Kier molecular flexibility index (Phi) is 5.18. The fraction of sp³-hybridized carbons (Fsp3) is 0.483. The van der Waals surface area contributed by atoms with E-state index in [2.05, 4.69) is 34.9 Å². The average Bonchev–Trinajstić information content (AvgIpc) is 3.43. The van der Waals surface area contributed by atoms with Crippen molar-refractivity contribution in [2.45, 2.75) is 49.0 Å². The van der Waals surface area contributed by atoms with E-state index in [-0.39, 0.29) is 6.04 Å². The molecule has 3 heterocycles. The molecular weight excluding hydrogens is 456 g/mol. The van der Waals surface area contributed by atoms with Crippen LogP contribution >= 0.6 is 0 Å². The fourth-order valence-corrected chi connectivity index (χ4v) is 8.14. The van der Waals surface area contributed by atoms with Crippen molar-refractivity contribution < 1.29 is 24.1 Å². The highest BCUT2D eigenvalue weighted by Gasteiger charge is 2.80. The Morgan fingerprint density at radius 1 is 1.11 bits per heavy atom. The van der Waals surface area contributed by atoms with Crippen LogP contribution in [0.5, 0.6) is 11.5 Å². The molecule has 6 atom stereocenters. The lowest BCUT2D eigenvalue weighted by molar-refractivity contribution is -0.212. The summed E-state index contributed by atoms with van der Waals surface area (Å²) >= 11 is 0. The van der Waals surface area contributed by atoms with E-state index < -0.39 is 34.5 Å². The largest absolute Gasteiger partial charge is 0.497 e. The number of methoxy groups -OCH3 is 2. The molecule has 36 heavy (non-hydrogen) atoms. The lowest BCUT2D eigenvalue weighted by Crippen LogP contribution is -2.82. The van der Waals surface area contributed by atoms with Gasteiger partial charge in [0.2, 0.25) is 5.60 Å². The molecule has 1 aliphatic carbocycles. The predicted octanol–water partition coefficient (Wildman–Crippen LogP) is 3.16. The highest BCUT2D eigenvalue weighted by molar-refractivity contribution is 5.86. The molecule has 2 fully saturated rings. The van der Waals surface area contributed by atoms with E-state index in [4.69, 9.17) is 14.2 Å². The number of benzene rings is 2. The van der Waals surface area contributed by atoms with E-state index in [1.165, 1.54) is 7.11 Å². The minimum absolute atomic E-state index is 0.0424. The molecule has 1 saturated heterocycles. The third kappa shape index (κ3) is 2.68. The molecule has 1 spiro atoms. The molecular formula is C29H34N2O5. The lowest BCUT2D eigenvalue weighted by atomic mass is 9.47. The van der Waals surface area contributed by atoms with Crippen molar-refractivity contribution in [2.24, 2.45) is 5.41 Å². The number of anilines is 1. The lowest BCUT2D eigenvalue weighted by Gasteiger charge is -2.63. The number of ether oxygens (including phenoxy) is 3. The van der Waals surface area contributed by atoms with Crippen molar-refractivity contribution >= 4 is 11.7 Å². The van der Waals surface area contributed by atoms with Gasteiger partial charge in [-0.2, -0.15) is 0 Å². The molecule has 6 rings (SSSR count). The maximum atomic E-state index is 13.8. The SMILES string of the molecule is CCC12C=CCN3CCC4(c5ccc(OC)cc5N(C)C4C(O)(C(=O)OC)C1Oc1ccccc1)C32. The molecule has 2 aromatic carbocycles. The first-order valence-electron chi connectivity index (χ1n) is 12.7. The van der Waals surface area contributed by atoms with Gasteiger partial charge in [0.05, 0.1) is 20.3 Å². The Balaban J connectivity index is 1.66. The molecule has 0 amide bonds. The van der Waals surface area contributed by atoms with Crippen molar-refractivity contribution in [1.82, 2.24) is 4.90 Å². The van der Waals surface area contributed by atoms with Crippen LogP contribution in [0.3, 0.4) is 0 Å². The molecule has 1 N–H and O–H groups in total. The van der Waals surface area contributed by atoms with Gasteiger partial charge in [0.1, 0.15) is 11.5 Å². The van der Waals surface area contributed by atoms with E-state index in [0.717, 1.165) is 36.5 Å². The first-order chi connectivity index (χ1) is 17.4. The summed E-state index contributed by atoms with van der Waals surface area (Å²) in [5, 5.41) is 12.8. The third-order valence-electron chi connectivity index (χ3n) is 9.33. The van der Waals surface area contributed by atoms with Crippen LogP contribution < -0.4 is 14.4 Å². The van der Waals surface area contributed by atoms with Crippen LogP contribution in [-0.4, -0.2) is 74.1 Å². The van der Waals surface area contributed by atoms with Gasteiger partial charge in [0.15, 0.2) is 6.10 Å². The summed E-state index contributed by atoms with van der Waals surface area (Å²) < 4.78 is 17.6. The molecule has 7 heteroatoms. The maximum Gasteiger partial charge on any atom is 0.344 e. The standard InChI is InChI=1S/C29H34N2O5/c1-5-27-14-9-16-31-17-15-28(23(27)31)21-13-12-20(34-3)18-22(21)30(2)24(28)29(33,26(32)35-4)25(27)36-19-10-7-6-8-11-19/h6-14,18,23-25,33H,5,15-17H2,1-4H3. The number of likely N-dealkylation sites (N-methyl/N-ethyl adjacent to an activating group) is 1. The van der Waals surface area contributed by atoms with Crippen LogP contribution in [-0.2, 0) is 14.9 Å². The Bertz CT molecular complexity index is 1220. The van der Waals surface area contributed by atoms with Crippen LogP contribution in [0.4, 0.5) is 5.69 Å². The van der Waals surface area contributed by atoms with Gasteiger partial charge in [-0.3, -0.25) is 4.90 Å². The van der Waals surface area contributed by atoms with E-state index in [0.29, 0.717) is 12.2 Å². The number of esters is 1. The molecule has 6 unspecified atom stereocenters. The summed E-state index contributed by atoms with van der Waals surface area (Å²) in [5.74, 6) is 0.700. The number of hydrogen-bond donors (Lipinski definition) is 1. The van der Waals surface area contributed by atoms with E-state index in [1.54, 1.807) is 7.11 Å². The van der Waals surface area contributed by atoms with Crippen LogP contribution in [0.15, 0.2) is 60.7 Å². The van der Waals surface area contributed by atoms with Gasteiger partial charge in [0, 0.05) is 42.2 Å². The minimum Gasteiger partial charge on any atom is -0.497 e. The topological polar surface area (TPSA) is 71.5 Å². The summed E-state index contributed by atoms with van der Waals surface area (Å²) in [7, 11) is 4.97. The predicted molar refractivity (Wildman–Crippen MR) is 137 cm³/mol. The van der Waals surface area contributed by atoms with Gasteiger partial charge in [-0.1, -0.05) is 43.3 Å². The molecule has 0 aromatic heterocycles. The molecule has 4 aliphatic rings. The second-order valence-electron chi connectivity index (χ2n) is 10.6. The number of para-hydroxylation sites is 1. The summed E-state index contributed by atoms with van der Waals surface area (Å²) in [6.07, 6.45) is 5.05. The minimum atomic E-state index is -1.93. The van der Waals surface area contributed by atoms with Crippen LogP contribution in [0.2, 0.25) is 0 Å². The molecule has 1 saturated carbocycles. The van der Waals surface area contributed by atoms with Crippen molar-refractivity contribution in [2.75, 3.05) is 39.3 Å². The Morgan fingerprint density at radius 3 is 2.58 bits per heavy atom. The molecule has 3 aliphatic heterocycles. The fourth-order valence-electron chi connectivity index (χ4n) is 8.14. The summed E-state index contributed by atoms with van der Waals surface area (Å²) in [5.41, 5.74) is -0.918. The van der Waals surface area contributed by atoms with Crippen LogP contribution in [0.1, 0.15) is 25.3 Å². The second-order valence-corrected chi connectivity index (χ2v) is 10.6. The first kappa shape index (κ1) is 23.4. The maximum absolute atomic E-state index is 13.8. The van der Waals surface area contributed by atoms with Crippen LogP contribution in [0.25, 0.3) is 0 Å². The Labute approximate surface area is 212 Å². The van der Waals surface area contributed by atoms with Crippen molar-refractivity contribution in [3.63, 3.8) is 0 Å². The van der Waals surface area contributed by atoms with Gasteiger partial charge in [0.25, 0.3) is 0 Å². The molecule has 7 nitrogen and oxygen atoms in total. The molecule has 190 valence electrons. The van der Waals surface area contributed by atoms with Gasteiger partial charge in [-0.25, -0.2) is 4.79 Å². The van der Waals surface area contributed by atoms with E-state index >= 15 is 0 Å². The number of rotatable bonds is 5. The highest BCUT2D eigenvalue weighted by Crippen LogP contribution is 2.67. The number of fused-ring (bicyclic) bond motifs is 1. The zero-order valence-corrected chi connectivity index (χ0v) is 21.3. The zero-order chi connectivity index (χ0) is 25.3. The van der Waals surface area contributed by atoms with Gasteiger partial charge < -0.3 is 24.2 Å². The van der Waals surface area contributed by atoms with E-state index in [9.17, 15) is 9.90 Å². The van der Waals surface area contributed by atoms with Gasteiger partial charge in [-0.15, -0.1) is 0 Å². The third-order valence-corrected chi connectivity index (χ3v) is 9.33. The zero-order valence-electron chi connectivity index (χ0n) is 21.3. The number of hydrogen-bond acceptors (Lipinski definition) is 7. The smallest absolute Gasteiger partial charge is 0.344 e. The Morgan fingerprint density at radius 2 is 1.89 bits per heavy atom. The first-order valence-corrected chi connectivity index (χ1v) is 12.7. The van der Waals surface area contributed by atoms with E-state index in [1.807, 2.05) is 49.5 Å². The summed E-state index contributed by atoms with van der Waals surface area (Å²) in [6.45, 7) is 3.85. The second kappa shape index (κ2) is 7.98. The Hall–Kier alpha value is -3.03. The molecule has 0 radical (unpaired) electrons.